The molecule has 1 aliphatic heterocycles. The van der Waals surface area contributed by atoms with Gasteiger partial charge in [0.25, 0.3) is 5.56 Å². The maximum atomic E-state index is 13.0. The Bertz CT molecular complexity index is 1030. The van der Waals surface area contributed by atoms with Crippen molar-refractivity contribution in [1.29, 1.82) is 0 Å². The first-order chi connectivity index (χ1) is 14.3. The molecule has 162 valence electrons. The van der Waals surface area contributed by atoms with Crippen LogP contribution in [0.25, 0.3) is 0 Å². The van der Waals surface area contributed by atoms with Crippen molar-refractivity contribution in [3.05, 3.63) is 50.7 Å². The van der Waals surface area contributed by atoms with Gasteiger partial charge in [-0.3, -0.25) is 18.7 Å². The minimum atomic E-state index is -0.659. The van der Waals surface area contributed by atoms with E-state index in [1.54, 1.807) is 0 Å². The molecule has 0 atom stereocenters. The van der Waals surface area contributed by atoms with Gasteiger partial charge in [0, 0.05) is 26.7 Å². The lowest BCUT2D eigenvalue weighted by Gasteiger charge is -2.30. The zero-order chi connectivity index (χ0) is 21.8. The molecule has 0 radical (unpaired) electrons. The van der Waals surface area contributed by atoms with Gasteiger partial charge >= 0.3 is 5.69 Å². The molecule has 3 N–H and O–H groups in total. The number of nitrogens with one attached hydrogen (secondary N) is 1. The van der Waals surface area contributed by atoms with E-state index in [2.05, 4.69) is 10.2 Å². The molecule has 30 heavy (non-hydrogen) atoms. The molecule has 0 saturated carbocycles. The summed E-state index contributed by atoms with van der Waals surface area (Å²) in [6.45, 7) is 6.12. The molecule has 1 saturated heterocycles. The number of para-hydroxylation sites is 2. The lowest BCUT2D eigenvalue weighted by molar-refractivity contribution is 0.100. The molecular weight excluding hydrogens is 382 g/mol. The van der Waals surface area contributed by atoms with Gasteiger partial charge in [0.2, 0.25) is 0 Å². The SMILES string of the molecule is CC(C)Cn1c(N)c(C(=O)CNc2ccccc2N2CCCCC2)c(=O)n(C)c1=O. The molecule has 0 bridgehead atoms. The summed E-state index contributed by atoms with van der Waals surface area (Å²) in [6.07, 6.45) is 3.54. The summed E-state index contributed by atoms with van der Waals surface area (Å²) in [5.41, 5.74) is 6.70. The van der Waals surface area contributed by atoms with Crippen LogP contribution in [0.2, 0.25) is 0 Å². The molecule has 1 aliphatic rings. The summed E-state index contributed by atoms with van der Waals surface area (Å²) in [5.74, 6) is -0.355. The highest BCUT2D eigenvalue weighted by Crippen LogP contribution is 2.28. The molecule has 2 heterocycles. The number of ketones is 1. The third-order valence-electron chi connectivity index (χ3n) is 5.45. The van der Waals surface area contributed by atoms with Crippen LogP contribution < -0.4 is 27.2 Å². The molecule has 0 aliphatic carbocycles. The summed E-state index contributed by atoms with van der Waals surface area (Å²) >= 11 is 0. The van der Waals surface area contributed by atoms with Crippen LogP contribution in [-0.2, 0) is 13.6 Å². The van der Waals surface area contributed by atoms with Crippen molar-refractivity contribution in [3.63, 3.8) is 0 Å². The number of nitrogens with two attached hydrogens (primary N) is 1. The maximum Gasteiger partial charge on any atom is 0.332 e. The minimum absolute atomic E-state index is 0.0621. The predicted molar refractivity (Wildman–Crippen MR) is 121 cm³/mol. The van der Waals surface area contributed by atoms with Gasteiger partial charge in [-0.15, -0.1) is 0 Å². The number of Topliss-reactive ketones (excluding diaryl/α,β-unsaturated/α-hetero) is 1. The second-order valence-electron chi connectivity index (χ2n) is 8.25. The van der Waals surface area contributed by atoms with Crippen LogP contribution in [0.4, 0.5) is 17.2 Å². The first kappa shape index (κ1) is 21.7. The average molecular weight is 414 g/mol. The fourth-order valence-corrected chi connectivity index (χ4v) is 3.88. The third-order valence-corrected chi connectivity index (χ3v) is 5.45. The first-order valence-corrected chi connectivity index (χ1v) is 10.5. The standard InChI is InChI=1S/C22H31N5O3/c1-15(2)14-27-20(23)19(21(29)25(3)22(27)30)18(28)13-24-16-9-5-6-10-17(16)26-11-7-4-8-12-26/h5-6,9-10,15,24H,4,7-8,11-14,23H2,1-3H3. The molecule has 8 heteroatoms. The van der Waals surface area contributed by atoms with Gasteiger partial charge in [-0.25, -0.2) is 4.79 Å². The van der Waals surface area contributed by atoms with Crippen LogP contribution >= 0.6 is 0 Å². The maximum absolute atomic E-state index is 13.0. The Morgan fingerprint density at radius 1 is 1.13 bits per heavy atom. The summed E-state index contributed by atoms with van der Waals surface area (Å²) in [5, 5.41) is 3.18. The second kappa shape index (κ2) is 9.19. The number of carbonyl (C=O) groups is 1. The normalized spacial score (nSPS) is 14.2. The number of nitrogen functional groups attached to an aromatic ring is 1. The summed E-state index contributed by atoms with van der Waals surface area (Å²) in [4.78, 5) is 40.3. The van der Waals surface area contributed by atoms with Crippen LogP contribution in [-0.4, -0.2) is 34.6 Å². The zero-order valence-corrected chi connectivity index (χ0v) is 18.0. The van der Waals surface area contributed by atoms with E-state index in [-0.39, 0.29) is 23.8 Å². The van der Waals surface area contributed by atoms with Crippen molar-refractivity contribution < 1.29 is 4.79 Å². The van der Waals surface area contributed by atoms with Crippen molar-refractivity contribution in [1.82, 2.24) is 9.13 Å². The molecule has 0 spiro atoms. The molecule has 3 rings (SSSR count). The lowest BCUT2D eigenvalue weighted by Crippen LogP contribution is -2.43. The van der Waals surface area contributed by atoms with Gasteiger partial charge in [0.05, 0.1) is 17.9 Å². The fraction of sp³-hybridized carbons (Fsp3) is 0.500. The molecule has 2 aromatic rings. The van der Waals surface area contributed by atoms with E-state index in [0.29, 0.717) is 6.54 Å². The zero-order valence-electron chi connectivity index (χ0n) is 18.0. The Morgan fingerprint density at radius 2 is 1.80 bits per heavy atom. The topological polar surface area (TPSA) is 102 Å². The van der Waals surface area contributed by atoms with Crippen molar-refractivity contribution in [2.24, 2.45) is 13.0 Å². The Hall–Kier alpha value is -3.03. The van der Waals surface area contributed by atoms with E-state index in [4.69, 9.17) is 5.73 Å². The molecule has 1 aromatic carbocycles. The molecular formula is C22H31N5O3. The van der Waals surface area contributed by atoms with E-state index in [0.717, 1.165) is 41.9 Å². The van der Waals surface area contributed by atoms with Crippen LogP contribution in [0.15, 0.2) is 33.9 Å². The predicted octanol–water partition coefficient (Wildman–Crippen LogP) is 2.07. The smallest absolute Gasteiger partial charge is 0.332 e. The lowest BCUT2D eigenvalue weighted by atomic mass is 10.1. The number of hydrogen-bond donors (Lipinski definition) is 2. The van der Waals surface area contributed by atoms with Crippen LogP contribution in [0.3, 0.4) is 0 Å². The van der Waals surface area contributed by atoms with E-state index >= 15 is 0 Å². The van der Waals surface area contributed by atoms with Gasteiger partial charge in [-0.1, -0.05) is 26.0 Å². The van der Waals surface area contributed by atoms with E-state index in [1.807, 2.05) is 38.1 Å². The highest BCUT2D eigenvalue weighted by atomic mass is 16.2. The second-order valence-corrected chi connectivity index (χ2v) is 8.25. The van der Waals surface area contributed by atoms with Gasteiger partial charge in [0.1, 0.15) is 11.4 Å². The van der Waals surface area contributed by atoms with Crippen LogP contribution in [0.1, 0.15) is 43.5 Å². The average Bonchev–Trinajstić information content (AvgIpc) is 2.74. The minimum Gasteiger partial charge on any atom is -0.384 e. The van der Waals surface area contributed by atoms with Crippen molar-refractivity contribution >= 4 is 23.0 Å². The first-order valence-electron chi connectivity index (χ1n) is 10.5. The highest BCUT2D eigenvalue weighted by molar-refractivity contribution is 6.02. The highest BCUT2D eigenvalue weighted by Gasteiger charge is 2.22. The Labute approximate surface area is 176 Å². The van der Waals surface area contributed by atoms with E-state index in [9.17, 15) is 14.4 Å². The largest absolute Gasteiger partial charge is 0.384 e. The Balaban J connectivity index is 1.87. The number of rotatable bonds is 7. The third kappa shape index (κ3) is 4.42. The molecule has 8 nitrogen and oxygen atoms in total. The van der Waals surface area contributed by atoms with E-state index < -0.39 is 17.0 Å². The van der Waals surface area contributed by atoms with Gasteiger partial charge in [-0.2, -0.15) is 0 Å². The number of carbonyl (C=O) groups excluding carboxylic acids is 1. The van der Waals surface area contributed by atoms with Crippen LogP contribution in [0.5, 0.6) is 0 Å². The number of anilines is 3. The number of nitrogens with zero attached hydrogens (tertiary/aromatic N) is 3. The van der Waals surface area contributed by atoms with Gasteiger partial charge in [0.15, 0.2) is 5.78 Å². The molecule has 1 fully saturated rings. The van der Waals surface area contributed by atoms with Crippen molar-refractivity contribution in [2.45, 2.75) is 39.7 Å². The van der Waals surface area contributed by atoms with Crippen molar-refractivity contribution in [3.8, 4) is 0 Å². The molecule has 0 amide bonds. The van der Waals surface area contributed by atoms with Crippen molar-refractivity contribution in [2.75, 3.05) is 35.6 Å². The summed E-state index contributed by atoms with van der Waals surface area (Å²) < 4.78 is 2.26. The van der Waals surface area contributed by atoms with Gasteiger partial charge < -0.3 is 16.0 Å². The number of piperidine rings is 1. The Kier molecular flexibility index (Phi) is 6.64. The summed E-state index contributed by atoms with van der Waals surface area (Å²) in [6, 6.07) is 7.86. The number of aromatic nitrogens is 2. The van der Waals surface area contributed by atoms with Crippen LogP contribution in [0, 0.1) is 5.92 Å². The van der Waals surface area contributed by atoms with Gasteiger partial charge in [-0.05, 0) is 37.3 Å². The quantitative estimate of drug-likeness (QED) is 0.674. The fourth-order valence-electron chi connectivity index (χ4n) is 3.88. The van der Waals surface area contributed by atoms with E-state index in [1.165, 1.54) is 18.0 Å². The monoisotopic (exact) mass is 413 g/mol. The molecule has 1 aromatic heterocycles. The Morgan fingerprint density at radius 3 is 2.47 bits per heavy atom. The summed E-state index contributed by atoms with van der Waals surface area (Å²) in [7, 11) is 1.37. The number of benzene rings is 1. The number of hydrogen-bond acceptors (Lipinski definition) is 6. The molecule has 0 unspecified atom stereocenters.